The molecule has 0 radical (unpaired) electrons. The molecule has 4 rings (SSSR count). The third-order valence-corrected chi connectivity index (χ3v) is 7.79. The molecule has 4 heteroatoms. The van der Waals surface area contributed by atoms with E-state index in [1.165, 1.54) is 0 Å². The second kappa shape index (κ2) is 1.30. The summed E-state index contributed by atoms with van der Waals surface area (Å²) < 4.78 is 0. The molecule has 0 aromatic rings. The summed E-state index contributed by atoms with van der Waals surface area (Å²) in [5.74, 6) is 0. The van der Waals surface area contributed by atoms with Crippen molar-refractivity contribution in [3.05, 3.63) is 0 Å². The van der Waals surface area contributed by atoms with E-state index in [1.807, 2.05) is 23.5 Å². The number of fused-ring (bicyclic) bond motifs is 6. The van der Waals surface area contributed by atoms with Crippen LogP contribution in [0.4, 0.5) is 0 Å². The molecule has 0 amide bonds. The van der Waals surface area contributed by atoms with Gasteiger partial charge in [0.1, 0.15) is 4.93 Å². The summed E-state index contributed by atoms with van der Waals surface area (Å²) in [4.78, 5) is -0.250. The number of aliphatic hydroxyl groups is 1. The average Bonchev–Trinajstić information content (AvgIpc) is 2.64. The predicted octanol–water partition coefficient (Wildman–Crippen LogP) is 0.772. The highest BCUT2D eigenvalue weighted by Gasteiger charge is 2.81. The van der Waals surface area contributed by atoms with E-state index in [-0.39, 0.29) is 4.93 Å². The second-order valence-electron chi connectivity index (χ2n) is 3.38. The van der Waals surface area contributed by atoms with Crippen LogP contribution in [0.2, 0.25) is 0 Å². The zero-order chi connectivity index (χ0) is 6.51. The lowest BCUT2D eigenvalue weighted by Crippen LogP contribution is -2.32. The first-order chi connectivity index (χ1) is 4.81. The van der Waals surface area contributed by atoms with Crippen molar-refractivity contribution >= 4 is 35.3 Å². The van der Waals surface area contributed by atoms with Crippen molar-refractivity contribution in [3.8, 4) is 0 Å². The largest absolute Gasteiger partial charge is 0.377 e. The smallest absolute Gasteiger partial charge is 0.136 e. The Balaban J connectivity index is 1.84. The average molecular weight is 190 g/mol. The van der Waals surface area contributed by atoms with Crippen LogP contribution in [0.3, 0.4) is 0 Å². The molecule has 4 fully saturated rings. The molecule has 3 aliphatic heterocycles. The van der Waals surface area contributed by atoms with E-state index in [0.717, 1.165) is 15.7 Å². The molecule has 0 aromatic carbocycles. The van der Waals surface area contributed by atoms with E-state index >= 15 is 0 Å². The minimum atomic E-state index is -0.250. The van der Waals surface area contributed by atoms with Gasteiger partial charge < -0.3 is 5.11 Å². The zero-order valence-electron chi connectivity index (χ0n) is 5.06. The molecular weight excluding hydrogens is 184 g/mol. The third kappa shape index (κ3) is 0.446. The summed E-state index contributed by atoms with van der Waals surface area (Å²) in [5.41, 5.74) is 0. The molecule has 6 atom stereocenters. The molecule has 0 aromatic heterocycles. The van der Waals surface area contributed by atoms with Gasteiger partial charge in [0.05, 0.1) is 10.5 Å². The number of hydrogen-bond acceptors (Lipinski definition) is 4. The van der Waals surface area contributed by atoms with Gasteiger partial charge in [0.15, 0.2) is 0 Å². The molecule has 1 N–H and O–H groups in total. The van der Waals surface area contributed by atoms with Crippen LogP contribution in [-0.4, -0.2) is 36.3 Å². The first kappa shape index (κ1) is 5.62. The Labute approximate surface area is 71.7 Å². The summed E-state index contributed by atoms with van der Waals surface area (Å²) >= 11 is 5.92. The van der Waals surface area contributed by atoms with Gasteiger partial charge in [-0.25, -0.2) is 0 Å². The molecule has 10 heavy (non-hydrogen) atoms. The van der Waals surface area contributed by atoms with Gasteiger partial charge >= 0.3 is 0 Å². The maximum Gasteiger partial charge on any atom is 0.136 e. The van der Waals surface area contributed by atoms with E-state index in [9.17, 15) is 5.11 Å². The Bertz CT molecular complexity index is 223. The fourth-order valence-electron chi connectivity index (χ4n) is 2.05. The van der Waals surface area contributed by atoms with Crippen LogP contribution in [-0.2, 0) is 0 Å². The quantitative estimate of drug-likeness (QED) is 0.569. The van der Waals surface area contributed by atoms with E-state index in [2.05, 4.69) is 11.8 Å². The van der Waals surface area contributed by atoms with Crippen LogP contribution in [0.5, 0.6) is 0 Å². The molecule has 1 saturated carbocycles. The summed E-state index contributed by atoms with van der Waals surface area (Å²) in [6.07, 6.45) is 0. The van der Waals surface area contributed by atoms with Gasteiger partial charge in [0, 0.05) is 15.7 Å². The summed E-state index contributed by atoms with van der Waals surface area (Å²) in [6, 6.07) is 0. The minimum absolute atomic E-state index is 0.250. The highest BCUT2D eigenvalue weighted by atomic mass is 32.2. The number of rotatable bonds is 0. The lowest BCUT2D eigenvalue weighted by molar-refractivity contribution is 0.168. The van der Waals surface area contributed by atoms with Crippen LogP contribution < -0.4 is 0 Å². The molecule has 4 aliphatic rings. The highest BCUT2D eigenvalue weighted by Crippen LogP contribution is 2.80. The number of thioether (sulfide) groups is 3. The Hall–Kier alpha value is 1.01. The molecule has 0 spiro atoms. The fraction of sp³-hybridized carbons (Fsp3) is 1.00. The van der Waals surface area contributed by atoms with Crippen molar-refractivity contribution in [3.63, 3.8) is 0 Å². The SMILES string of the molecule is OC12SC1C1SC1C1SC12. The summed E-state index contributed by atoms with van der Waals surface area (Å²) in [6.45, 7) is 0. The standard InChI is InChI=1S/C6H6OS3/c7-6-4-2(9-4)1-3(8-1)5(6)10-6/h1-5,7H. The zero-order valence-corrected chi connectivity index (χ0v) is 7.51. The maximum absolute atomic E-state index is 9.88. The molecule has 1 nitrogen and oxygen atoms in total. The van der Waals surface area contributed by atoms with Gasteiger partial charge in [-0.1, -0.05) is 0 Å². The Morgan fingerprint density at radius 3 is 2.70 bits per heavy atom. The normalized spacial score (nSPS) is 80.7. The van der Waals surface area contributed by atoms with Crippen molar-refractivity contribution in [2.45, 2.75) is 31.2 Å². The minimum Gasteiger partial charge on any atom is -0.377 e. The molecule has 6 unspecified atom stereocenters. The lowest BCUT2D eigenvalue weighted by atomic mass is 9.98. The van der Waals surface area contributed by atoms with Gasteiger partial charge in [-0.15, -0.1) is 23.5 Å². The van der Waals surface area contributed by atoms with Gasteiger partial charge in [-0.2, -0.15) is 11.8 Å². The molecule has 54 valence electrons. The second-order valence-corrected chi connectivity index (χ2v) is 7.46. The van der Waals surface area contributed by atoms with Crippen LogP contribution in [0.15, 0.2) is 0 Å². The first-order valence-electron chi connectivity index (χ1n) is 3.52. The maximum atomic E-state index is 9.88. The van der Waals surface area contributed by atoms with Crippen LogP contribution in [0.1, 0.15) is 0 Å². The van der Waals surface area contributed by atoms with Crippen LogP contribution in [0, 0.1) is 0 Å². The van der Waals surface area contributed by atoms with Gasteiger partial charge in [-0.05, 0) is 0 Å². The Morgan fingerprint density at radius 1 is 1.00 bits per heavy atom. The summed E-state index contributed by atoms with van der Waals surface area (Å²) in [5, 5.41) is 13.8. The van der Waals surface area contributed by atoms with Crippen molar-refractivity contribution in [1.82, 2.24) is 0 Å². The van der Waals surface area contributed by atoms with Gasteiger partial charge in [0.2, 0.25) is 0 Å². The topological polar surface area (TPSA) is 20.2 Å². The number of hydrogen-bond donors (Lipinski definition) is 1. The highest BCUT2D eigenvalue weighted by molar-refractivity contribution is 8.18. The molecular formula is C6H6OS3. The predicted molar refractivity (Wildman–Crippen MR) is 46.7 cm³/mol. The monoisotopic (exact) mass is 190 g/mol. The van der Waals surface area contributed by atoms with E-state index < -0.39 is 0 Å². The Kier molecular flexibility index (Phi) is 0.730. The first-order valence-corrected chi connectivity index (χ1v) is 6.28. The molecule has 3 saturated heterocycles. The van der Waals surface area contributed by atoms with Crippen LogP contribution in [0.25, 0.3) is 0 Å². The van der Waals surface area contributed by atoms with Crippen molar-refractivity contribution in [2.75, 3.05) is 0 Å². The van der Waals surface area contributed by atoms with Gasteiger partial charge in [0.25, 0.3) is 0 Å². The fourth-order valence-corrected chi connectivity index (χ4v) is 7.45. The molecule has 3 heterocycles. The van der Waals surface area contributed by atoms with E-state index in [4.69, 9.17) is 0 Å². The van der Waals surface area contributed by atoms with Gasteiger partial charge in [-0.3, -0.25) is 0 Å². The van der Waals surface area contributed by atoms with Crippen molar-refractivity contribution < 1.29 is 5.11 Å². The summed E-state index contributed by atoms with van der Waals surface area (Å²) in [7, 11) is 0. The van der Waals surface area contributed by atoms with Crippen LogP contribution >= 0.6 is 35.3 Å². The van der Waals surface area contributed by atoms with Crippen molar-refractivity contribution in [2.24, 2.45) is 0 Å². The Morgan fingerprint density at radius 2 is 1.80 bits per heavy atom. The van der Waals surface area contributed by atoms with E-state index in [1.54, 1.807) is 0 Å². The lowest BCUT2D eigenvalue weighted by Gasteiger charge is -2.07. The molecule has 1 aliphatic carbocycles. The third-order valence-electron chi connectivity index (χ3n) is 2.78. The van der Waals surface area contributed by atoms with E-state index in [0.29, 0.717) is 10.5 Å². The van der Waals surface area contributed by atoms with Crippen molar-refractivity contribution in [1.29, 1.82) is 0 Å². The molecule has 0 bridgehead atoms.